The number of amides is 1. The van der Waals surface area contributed by atoms with Crippen LogP contribution in [0.15, 0.2) is 30.5 Å². The van der Waals surface area contributed by atoms with Crippen molar-refractivity contribution in [1.29, 1.82) is 0 Å². The summed E-state index contributed by atoms with van der Waals surface area (Å²) in [5, 5.41) is 1.30. The maximum atomic E-state index is 12.4. The first kappa shape index (κ1) is 15.9. The second kappa shape index (κ2) is 5.88. The van der Waals surface area contributed by atoms with Gasteiger partial charge in [0.2, 0.25) is 5.91 Å². The molecule has 1 amide bonds. The molecule has 0 atom stereocenters. The largest absolute Gasteiger partial charge is 0.360 e. The molecule has 1 aliphatic rings. The van der Waals surface area contributed by atoms with Crippen molar-refractivity contribution in [1.82, 2.24) is 9.88 Å². The highest BCUT2D eigenvalue weighted by molar-refractivity contribution is 5.95. The summed E-state index contributed by atoms with van der Waals surface area (Å²) in [5.74, 6) is 0.236. The van der Waals surface area contributed by atoms with E-state index in [4.69, 9.17) is 0 Å². The first-order valence-corrected chi connectivity index (χ1v) is 8.49. The van der Waals surface area contributed by atoms with Crippen LogP contribution in [-0.2, 0) is 11.2 Å². The molecule has 1 aromatic carbocycles. The maximum Gasteiger partial charge on any atom is 0.228 e. The van der Waals surface area contributed by atoms with Gasteiger partial charge in [-0.25, -0.2) is 0 Å². The summed E-state index contributed by atoms with van der Waals surface area (Å²) in [6.45, 7) is 9.67. The van der Waals surface area contributed by atoms with E-state index in [1.54, 1.807) is 0 Å². The Morgan fingerprint density at radius 2 is 2.09 bits per heavy atom. The molecular formula is C20H26N2O. The van der Waals surface area contributed by atoms with Crippen molar-refractivity contribution >= 4 is 22.4 Å². The Kier molecular flexibility index (Phi) is 4.05. The molecule has 3 rings (SSSR count). The number of para-hydroxylation sites is 1. The zero-order valence-corrected chi connectivity index (χ0v) is 14.6. The minimum atomic E-state index is -0.303. The van der Waals surface area contributed by atoms with Crippen LogP contribution in [0.3, 0.4) is 0 Å². The number of hydrogen-bond donors (Lipinski definition) is 1. The average Bonchev–Trinajstić information content (AvgIpc) is 2.97. The van der Waals surface area contributed by atoms with E-state index < -0.39 is 0 Å². The molecule has 2 heterocycles. The number of fused-ring (bicyclic) bond motifs is 1. The molecule has 2 aromatic rings. The molecular weight excluding hydrogens is 284 g/mol. The lowest BCUT2D eigenvalue weighted by Crippen LogP contribution is -2.41. The van der Waals surface area contributed by atoms with Gasteiger partial charge in [0.25, 0.3) is 0 Å². The Labute approximate surface area is 138 Å². The van der Waals surface area contributed by atoms with E-state index in [9.17, 15) is 4.79 Å². The van der Waals surface area contributed by atoms with Crippen molar-refractivity contribution in [3.8, 4) is 0 Å². The number of benzene rings is 1. The monoisotopic (exact) mass is 310 g/mol. The normalized spacial score (nSPS) is 15.8. The number of aryl methyl sites for hydroxylation is 1. The van der Waals surface area contributed by atoms with Gasteiger partial charge < -0.3 is 9.88 Å². The van der Waals surface area contributed by atoms with Crippen LogP contribution in [0.4, 0.5) is 0 Å². The predicted octanol–water partition coefficient (Wildman–Crippen LogP) is 4.39. The van der Waals surface area contributed by atoms with Crippen LogP contribution < -0.4 is 0 Å². The topological polar surface area (TPSA) is 36.1 Å². The smallest absolute Gasteiger partial charge is 0.228 e. The number of carbonyl (C=O) groups is 1. The lowest BCUT2D eigenvalue weighted by Gasteiger charge is -2.32. The molecule has 0 unspecified atom stereocenters. The molecule has 0 saturated carbocycles. The van der Waals surface area contributed by atoms with Gasteiger partial charge in [0, 0.05) is 41.2 Å². The number of H-pyrrole nitrogens is 1. The van der Waals surface area contributed by atoms with Crippen molar-refractivity contribution in [3.63, 3.8) is 0 Å². The molecule has 23 heavy (non-hydrogen) atoms. The lowest BCUT2D eigenvalue weighted by molar-refractivity contribution is -0.138. The summed E-state index contributed by atoms with van der Waals surface area (Å²) in [5.41, 5.74) is 4.94. The SMILES string of the molecule is CCc1cccc2c(C3=CCN(C(=O)C(C)(C)C)CC3)c[nH]c12. The second-order valence-electron chi connectivity index (χ2n) is 7.38. The Hall–Kier alpha value is -2.03. The minimum absolute atomic E-state index is 0.236. The highest BCUT2D eigenvalue weighted by atomic mass is 16.2. The molecule has 3 nitrogen and oxygen atoms in total. The standard InChI is InChI=1S/C20H26N2O/c1-5-14-7-6-8-16-17(13-21-18(14)16)15-9-11-22(12-10-15)19(23)20(2,3)4/h6-9,13,21H,5,10-12H2,1-4H3. The van der Waals surface area contributed by atoms with Gasteiger partial charge in [-0.1, -0.05) is 52.0 Å². The van der Waals surface area contributed by atoms with Gasteiger partial charge in [-0.15, -0.1) is 0 Å². The Morgan fingerprint density at radius 3 is 2.70 bits per heavy atom. The number of aromatic nitrogens is 1. The van der Waals surface area contributed by atoms with Gasteiger partial charge in [0.05, 0.1) is 0 Å². The van der Waals surface area contributed by atoms with E-state index in [1.165, 1.54) is 27.6 Å². The molecule has 1 aliphatic heterocycles. The Bertz CT molecular complexity index is 762. The summed E-state index contributed by atoms with van der Waals surface area (Å²) in [7, 11) is 0. The van der Waals surface area contributed by atoms with E-state index in [0.29, 0.717) is 6.54 Å². The molecule has 122 valence electrons. The average molecular weight is 310 g/mol. The van der Waals surface area contributed by atoms with Crippen LogP contribution in [0.5, 0.6) is 0 Å². The van der Waals surface area contributed by atoms with Crippen LogP contribution in [-0.4, -0.2) is 28.9 Å². The molecule has 0 radical (unpaired) electrons. The number of carbonyl (C=O) groups excluding carboxylic acids is 1. The molecule has 0 aliphatic carbocycles. The summed E-state index contributed by atoms with van der Waals surface area (Å²) in [6.07, 6.45) is 6.29. The molecule has 0 saturated heterocycles. The number of rotatable bonds is 2. The fraction of sp³-hybridized carbons (Fsp3) is 0.450. The zero-order valence-electron chi connectivity index (χ0n) is 14.6. The third kappa shape index (κ3) is 2.92. The molecule has 0 fully saturated rings. The predicted molar refractivity (Wildman–Crippen MR) is 96.3 cm³/mol. The van der Waals surface area contributed by atoms with E-state index in [0.717, 1.165) is 19.4 Å². The summed E-state index contributed by atoms with van der Waals surface area (Å²) in [6, 6.07) is 6.51. The number of nitrogens with zero attached hydrogens (tertiary/aromatic N) is 1. The summed E-state index contributed by atoms with van der Waals surface area (Å²) < 4.78 is 0. The number of nitrogens with one attached hydrogen (secondary N) is 1. The number of hydrogen-bond acceptors (Lipinski definition) is 1. The molecule has 1 N–H and O–H groups in total. The summed E-state index contributed by atoms with van der Waals surface area (Å²) >= 11 is 0. The molecule has 1 aromatic heterocycles. The van der Waals surface area contributed by atoms with Gasteiger partial charge in [-0.3, -0.25) is 4.79 Å². The van der Waals surface area contributed by atoms with E-state index >= 15 is 0 Å². The van der Waals surface area contributed by atoms with Crippen LogP contribution >= 0.6 is 0 Å². The van der Waals surface area contributed by atoms with Crippen molar-refractivity contribution in [2.45, 2.75) is 40.5 Å². The molecule has 0 spiro atoms. The fourth-order valence-electron chi connectivity index (χ4n) is 3.35. The Balaban J connectivity index is 1.87. The van der Waals surface area contributed by atoms with Gasteiger partial charge in [0.15, 0.2) is 0 Å². The van der Waals surface area contributed by atoms with Crippen molar-refractivity contribution < 1.29 is 4.79 Å². The van der Waals surface area contributed by atoms with Gasteiger partial charge in [-0.05, 0) is 24.0 Å². The third-order valence-electron chi connectivity index (χ3n) is 4.67. The van der Waals surface area contributed by atoms with Crippen LogP contribution in [0, 0.1) is 5.41 Å². The van der Waals surface area contributed by atoms with Crippen LogP contribution in [0.1, 0.15) is 45.2 Å². The van der Waals surface area contributed by atoms with Gasteiger partial charge >= 0.3 is 0 Å². The third-order valence-corrected chi connectivity index (χ3v) is 4.67. The van der Waals surface area contributed by atoms with Gasteiger partial charge in [-0.2, -0.15) is 0 Å². The fourth-order valence-corrected chi connectivity index (χ4v) is 3.35. The minimum Gasteiger partial charge on any atom is -0.360 e. The van der Waals surface area contributed by atoms with Crippen molar-refractivity contribution in [3.05, 3.63) is 41.6 Å². The first-order chi connectivity index (χ1) is 10.9. The van der Waals surface area contributed by atoms with E-state index in [-0.39, 0.29) is 11.3 Å². The quantitative estimate of drug-likeness (QED) is 0.877. The van der Waals surface area contributed by atoms with Crippen LogP contribution in [0.2, 0.25) is 0 Å². The second-order valence-corrected chi connectivity index (χ2v) is 7.38. The highest BCUT2D eigenvalue weighted by Crippen LogP contribution is 2.31. The summed E-state index contributed by atoms with van der Waals surface area (Å²) in [4.78, 5) is 17.8. The zero-order chi connectivity index (χ0) is 16.6. The van der Waals surface area contributed by atoms with E-state index in [2.05, 4.69) is 42.4 Å². The van der Waals surface area contributed by atoms with Crippen molar-refractivity contribution in [2.75, 3.05) is 13.1 Å². The maximum absolute atomic E-state index is 12.4. The molecule has 3 heteroatoms. The van der Waals surface area contributed by atoms with Crippen LogP contribution in [0.25, 0.3) is 16.5 Å². The highest BCUT2D eigenvalue weighted by Gasteiger charge is 2.28. The Morgan fingerprint density at radius 1 is 1.30 bits per heavy atom. The first-order valence-electron chi connectivity index (χ1n) is 8.49. The number of aromatic amines is 1. The van der Waals surface area contributed by atoms with E-state index in [1.807, 2.05) is 25.7 Å². The van der Waals surface area contributed by atoms with Crippen molar-refractivity contribution in [2.24, 2.45) is 5.41 Å². The van der Waals surface area contributed by atoms with Gasteiger partial charge in [0.1, 0.15) is 0 Å². The molecule has 0 bridgehead atoms. The lowest BCUT2D eigenvalue weighted by atomic mass is 9.92.